The van der Waals surface area contributed by atoms with Crippen molar-refractivity contribution in [1.29, 1.82) is 5.26 Å². The van der Waals surface area contributed by atoms with Gasteiger partial charge in [-0.05, 0) is 30.3 Å². The molecule has 0 radical (unpaired) electrons. The summed E-state index contributed by atoms with van der Waals surface area (Å²) in [6, 6.07) is 17.9. The summed E-state index contributed by atoms with van der Waals surface area (Å²) in [4.78, 5) is 8.59. The first kappa shape index (κ1) is 13.6. The second-order valence-corrected chi connectivity index (χ2v) is 4.63. The van der Waals surface area contributed by atoms with Crippen molar-refractivity contribution < 1.29 is 5.11 Å². The van der Waals surface area contributed by atoms with Gasteiger partial charge in [0, 0.05) is 23.5 Å². The summed E-state index contributed by atoms with van der Waals surface area (Å²) in [6.07, 6.45) is 1.65. The van der Waals surface area contributed by atoms with Gasteiger partial charge in [0.05, 0.1) is 17.3 Å². The standard InChI is InChI=1S/C17H12N4O/c18-11-12-3-1-4-13(9-12)16-7-8-19-17(21-16)20-14-5-2-6-15(22)10-14/h1-10,22H,(H,19,20,21). The molecule has 22 heavy (non-hydrogen) atoms. The van der Waals surface area contributed by atoms with Crippen molar-refractivity contribution in [1.82, 2.24) is 9.97 Å². The van der Waals surface area contributed by atoms with Crippen molar-refractivity contribution in [2.75, 3.05) is 5.32 Å². The highest BCUT2D eigenvalue weighted by atomic mass is 16.3. The van der Waals surface area contributed by atoms with Crippen LogP contribution in [0.4, 0.5) is 11.6 Å². The lowest BCUT2D eigenvalue weighted by Crippen LogP contribution is -1.97. The molecule has 0 unspecified atom stereocenters. The van der Waals surface area contributed by atoms with Gasteiger partial charge in [-0.1, -0.05) is 18.2 Å². The highest BCUT2D eigenvalue weighted by Gasteiger charge is 2.04. The van der Waals surface area contributed by atoms with Crippen molar-refractivity contribution in [2.45, 2.75) is 0 Å². The van der Waals surface area contributed by atoms with E-state index in [9.17, 15) is 5.11 Å². The van der Waals surface area contributed by atoms with Crippen molar-refractivity contribution in [3.05, 3.63) is 66.4 Å². The monoisotopic (exact) mass is 288 g/mol. The Hall–Kier alpha value is -3.39. The zero-order valence-electron chi connectivity index (χ0n) is 11.6. The maximum Gasteiger partial charge on any atom is 0.227 e. The third-order valence-corrected chi connectivity index (χ3v) is 3.05. The second kappa shape index (κ2) is 5.94. The van der Waals surface area contributed by atoms with E-state index in [4.69, 9.17) is 5.26 Å². The van der Waals surface area contributed by atoms with E-state index in [1.54, 1.807) is 42.6 Å². The molecule has 0 fully saturated rings. The highest BCUT2D eigenvalue weighted by molar-refractivity contribution is 5.63. The van der Waals surface area contributed by atoms with Crippen LogP contribution >= 0.6 is 0 Å². The number of phenolic OH excluding ortho intramolecular Hbond substituents is 1. The zero-order valence-corrected chi connectivity index (χ0v) is 11.6. The number of anilines is 2. The van der Waals surface area contributed by atoms with E-state index in [1.807, 2.05) is 18.2 Å². The van der Waals surface area contributed by atoms with E-state index in [-0.39, 0.29) is 5.75 Å². The molecule has 0 bridgehead atoms. The Labute approximate surface area is 127 Å². The molecule has 0 spiro atoms. The third-order valence-electron chi connectivity index (χ3n) is 3.05. The Bertz CT molecular complexity index is 855. The van der Waals surface area contributed by atoms with Gasteiger partial charge in [0.15, 0.2) is 0 Å². The average Bonchev–Trinajstić information content (AvgIpc) is 2.55. The van der Waals surface area contributed by atoms with E-state index in [0.717, 1.165) is 11.3 Å². The van der Waals surface area contributed by atoms with Crippen LogP contribution in [0.2, 0.25) is 0 Å². The molecule has 0 aliphatic rings. The smallest absolute Gasteiger partial charge is 0.227 e. The molecular formula is C17H12N4O. The van der Waals surface area contributed by atoms with Gasteiger partial charge in [0.1, 0.15) is 5.75 Å². The van der Waals surface area contributed by atoms with E-state index < -0.39 is 0 Å². The van der Waals surface area contributed by atoms with Crippen LogP contribution in [-0.4, -0.2) is 15.1 Å². The fraction of sp³-hybridized carbons (Fsp3) is 0. The summed E-state index contributed by atoms with van der Waals surface area (Å²) in [6.45, 7) is 0. The number of benzene rings is 2. The molecule has 0 saturated heterocycles. The summed E-state index contributed by atoms with van der Waals surface area (Å²) in [5.41, 5.74) is 2.84. The number of aromatic hydroxyl groups is 1. The molecule has 3 aromatic rings. The van der Waals surface area contributed by atoms with Gasteiger partial charge in [-0.2, -0.15) is 5.26 Å². The Kier molecular flexibility index (Phi) is 3.67. The van der Waals surface area contributed by atoms with E-state index >= 15 is 0 Å². The number of aromatic nitrogens is 2. The molecule has 2 aromatic carbocycles. The summed E-state index contributed by atoms with van der Waals surface area (Å²) in [5.74, 6) is 0.591. The number of hydrogen-bond donors (Lipinski definition) is 2. The van der Waals surface area contributed by atoms with Gasteiger partial charge < -0.3 is 10.4 Å². The summed E-state index contributed by atoms with van der Waals surface area (Å²) in [5, 5.41) is 21.5. The third kappa shape index (κ3) is 3.02. The lowest BCUT2D eigenvalue weighted by molar-refractivity contribution is 0.475. The predicted molar refractivity (Wildman–Crippen MR) is 83.6 cm³/mol. The van der Waals surface area contributed by atoms with Crippen LogP contribution in [-0.2, 0) is 0 Å². The molecule has 1 aromatic heterocycles. The molecule has 106 valence electrons. The van der Waals surface area contributed by atoms with E-state index in [2.05, 4.69) is 21.4 Å². The molecule has 0 saturated carbocycles. The normalized spacial score (nSPS) is 9.95. The first-order valence-electron chi connectivity index (χ1n) is 6.64. The number of nitrogens with one attached hydrogen (secondary N) is 1. The van der Waals surface area contributed by atoms with Crippen molar-refractivity contribution >= 4 is 11.6 Å². The summed E-state index contributed by atoms with van der Waals surface area (Å²) in [7, 11) is 0. The molecule has 0 amide bonds. The highest BCUT2D eigenvalue weighted by Crippen LogP contribution is 2.22. The van der Waals surface area contributed by atoms with Gasteiger partial charge in [-0.15, -0.1) is 0 Å². The number of nitriles is 1. The lowest BCUT2D eigenvalue weighted by Gasteiger charge is -2.07. The number of rotatable bonds is 3. The molecule has 0 aliphatic heterocycles. The van der Waals surface area contributed by atoms with Gasteiger partial charge in [-0.3, -0.25) is 0 Å². The van der Waals surface area contributed by atoms with Gasteiger partial charge in [-0.25, -0.2) is 9.97 Å². The first-order valence-corrected chi connectivity index (χ1v) is 6.64. The number of hydrogen-bond acceptors (Lipinski definition) is 5. The fourth-order valence-electron chi connectivity index (χ4n) is 2.04. The molecular weight excluding hydrogens is 276 g/mol. The van der Waals surface area contributed by atoms with Crippen LogP contribution in [0.5, 0.6) is 5.75 Å². The van der Waals surface area contributed by atoms with Gasteiger partial charge >= 0.3 is 0 Å². The largest absolute Gasteiger partial charge is 0.508 e. The Morgan fingerprint density at radius 1 is 1.05 bits per heavy atom. The van der Waals surface area contributed by atoms with E-state index in [0.29, 0.717) is 17.2 Å². The summed E-state index contributed by atoms with van der Waals surface area (Å²) < 4.78 is 0. The average molecular weight is 288 g/mol. The molecule has 3 rings (SSSR count). The van der Waals surface area contributed by atoms with Crippen LogP contribution in [0, 0.1) is 11.3 Å². The Morgan fingerprint density at radius 3 is 2.73 bits per heavy atom. The first-order chi connectivity index (χ1) is 10.7. The minimum absolute atomic E-state index is 0.169. The Balaban J connectivity index is 1.91. The molecule has 0 aliphatic carbocycles. The molecule has 0 atom stereocenters. The molecule has 5 nitrogen and oxygen atoms in total. The van der Waals surface area contributed by atoms with E-state index in [1.165, 1.54) is 0 Å². The van der Waals surface area contributed by atoms with Crippen molar-refractivity contribution in [3.8, 4) is 23.1 Å². The van der Waals surface area contributed by atoms with Crippen LogP contribution < -0.4 is 5.32 Å². The van der Waals surface area contributed by atoms with Crippen molar-refractivity contribution in [3.63, 3.8) is 0 Å². The molecule has 5 heteroatoms. The second-order valence-electron chi connectivity index (χ2n) is 4.63. The molecule has 1 heterocycles. The quantitative estimate of drug-likeness (QED) is 0.771. The topological polar surface area (TPSA) is 81.8 Å². The molecule has 2 N–H and O–H groups in total. The predicted octanol–water partition coefficient (Wildman–Crippen LogP) is 3.46. The van der Waals surface area contributed by atoms with Gasteiger partial charge in [0.25, 0.3) is 0 Å². The lowest BCUT2D eigenvalue weighted by atomic mass is 10.1. The minimum Gasteiger partial charge on any atom is -0.508 e. The number of phenols is 1. The maximum absolute atomic E-state index is 9.47. The Morgan fingerprint density at radius 2 is 1.91 bits per heavy atom. The SMILES string of the molecule is N#Cc1cccc(-c2ccnc(Nc3cccc(O)c3)n2)c1. The maximum atomic E-state index is 9.47. The zero-order chi connectivity index (χ0) is 15.4. The number of nitrogens with zero attached hydrogens (tertiary/aromatic N) is 3. The minimum atomic E-state index is 0.169. The summed E-state index contributed by atoms with van der Waals surface area (Å²) >= 11 is 0. The van der Waals surface area contributed by atoms with Crippen LogP contribution in [0.25, 0.3) is 11.3 Å². The van der Waals surface area contributed by atoms with Crippen LogP contribution in [0.3, 0.4) is 0 Å². The van der Waals surface area contributed by atoms with Crippen LogP contribution in [0.15, 0.2) is 60.8 Å². The van der Waals surface area contributed by atoms with Crippen LogP contribution in [0.1, 0.15) is 5.56 Å². The van der Waals surface area contributed by atoms with Crippen molar-refractivity contribution in [2.24, 2.45) is 0 Å². The van der Waals surface area contributed by atoms with Gasteiger partial charge in [0.2, 0.25) is 5.95 Å². The fourth-order valence-corrected chi connectivity index (χ4v) is 2.04.